The first kappa shape index (κ1) is 22.2. The molecule has 1 aromatic carbocycles. The first-order chi connectivity index (χ1) is 16.0. The molecular weight excluding hydrogens is 416 g/mol. The number of fused-ring (bicyclic) bond motifs is 3. The predicted molar refractivity (Wildman–Crippen MR) is 126 cm³/mol. The van der Waals surface area contributed by atoms with Crippen molar-refractivity contribution >= 4 is 16.8 Å². The van der Waals surface area contributed by atoms with Gasteiger partial charge in [-0.25, -0.2) is 9.78 Å². The van der Waals surface area contributed by atoms with Crippen LogP contribution in [0.15, 0.2) is 36.7 Å². The topological polar surface area (TPSA) is 61.0 Å². The zero-order chi connectivity index (χ0) is 22.9. The lowest BCUT2D eigenvalue weighted by Gasteiger charge is -2.27. The molecule has 2 aliphatic rings. The average molecular weight is 450 g/mol. The summed E-state index contributed by atoms with van der Waals surface area (Å²) in [6.07, 6.45) is 7.50. The van der Waals surface area contributed by atoms with E-state index in [1.807, 2.05) is 6.20 Å². The summed E-state index contributed by atoms with van der Waals surface area (Å²) in [5.41, 5.74) is 6.40. The molecular formula is C26H33N4O3+. The monoisotopic (exact) mass is 449 g/mol. The molecule has 3 aromatic rings. The third-order valence-electron chi connectivity index (χ3n) is 6.54. The summed E-state index contributed by atoms with van der Waals surface area (Å²) in [7, 11) is 4.15. The van der Waals surface area contributed by atoms with E-state index in [0.29, 0.717) is 23.9 Å². The maximum Gasteiger partial charge on any atom is 0.395 e. The highest BCUT2D eigenvalue weighted by Gasteiger charge is 2.37. The van der Waals surface area contributed by atoms with Gasteiger partial charge in [-0.1, -0.05) is 29.8 Å². The van der Waals surface area contributed by atoms with Crippen molar-refractivity contribution in [2.24, 2.45) is 0 Å². The van der Waals surface area contributed by atoms with Gasteiger partial charge in [0.15, 0.2) is 5.69 Å². The molecule has 2 atom stereocenters. The summed E-state index contributed by atoms with van der Waals surface area (Å²) in [5, 5.41) is 1.66. The third kappa shape index (κ3) is 4.59. The SMILES string of the molecule is Cc1ccc(Cn2cc(CN(C)C)c3c4c(ncc32)C(=O)[NH+](OC2CCCCO2)CC4)cc1. The first-order valence-corrected chi connectivity index (χ1v) is 11.9. The number of nitrogens with one attached hydrogen (secondary N) is 1. The Bertz CT molecular complexity index is 1150. The molecule has 5 rings (SSSR count). The zero-order valence-corrected chi connectivity index (χ0v) is 19.8. The zero-order valence-electron chi connectivity index (χ0n) is 19.8. The average Bonchev–Trinajstić information content (AvgIpc) is 3.14. The van der Waals surface area contributed by atoms with Crippen LogP contribution >= 0.6 is 0 Å². The summed E-state index contributed by atoms with van der Waals surface area (Å²) in [6.45, 7) is 4.98. The minimum absolute atomic E-state index is 0.0885. The van der Waals surface area contributed by atoms with Crippen LogP contribution < -0.4 is 5.06 Å². The van der Waals surface area contributed by atoms with E-state index in [0.717, 1.165) is 49.9 Å². The Hall–Kier alpha value is -2.58. The molecule has 1 amide bonds. The lowest BCUT2D eigenvalue weighted by atomic mass is 9.99. The fourth-order valence-corrected chi connectivity index (χ4v) is 4.92. The van der Waals surface area contributed by atoms with Crippen molar-refractivity contribution in [3.63, 3.8) is 0 Å². The summed E-state index contributed by atoms with van der Waals surface area (Å²) < 4.78 is 7.96. The van der Waals surface area contributed by atoms with Crippen LogP contribution in [0.25, 0.3) is 10.9 Å². The molecule has 0 spiro atoms. The molecule has 0 saturated carbocycles. The maximum atomic E-state index is 13.3. The van der Waals surface area contributed by atoms with Crippen LogP contribution in [0.2, 0.25) is 0 Å². The van der Waals surface area contributed by atoms with Crippen molar-refractivity contribution in [1.82, 2.24) is 14.5 Å². The van der Waals surface area contributed by atoms with E-state index < -0.39 is 0 Å². The standard InChI is InChI=1S/C26H32N4O3/c1-18-7-9-19(10-8-18)15-29-17-20(16-28(2)3)24-21-11-12-30(33-23-6-4-5-13-32-23)26(31)25(21)27-14-22(24)29/h7-10,14,17,23H,4-6,11-13,15-16H2,1-3H3/p+1. The molecule has 1 saturated heterocycles. The smallest absolute Gasteiger partial charge is 0.347 e. The number of nitrogens with zero attached hydrogens (tertiary/aromatic N) is 3. The summed E-state index contributed by atoms with van der Waals surface area (Å²) in [5.74, 6) is -0.0885. The van der Waals surface area contributed by atoms with E-state index in [9.17, 15) is 4.79 Å². The van der Waals surface area contributed by atoms with Gasteiger partial charge >= 0.3 is 5.91 Å². The molecule has 7 heteroatoms. The molecule has 2 aromatic heterocycles. The van der Waals surface area contributed by atoms with Gasteiger partial charge in [0.25, 0.3) is 0 Å². The van der Waals surface area contributed by atoms with Crippen molar-refractivity contribution < 1.29 is 19.4 Å². The second kappa shape index (κ2) is 9.35. The number of aryl methyl sites for hydroxylation is 1. The highest BCUT2D eigenvalue weighted by molar-refractivity contribution is 5.97. The van der Waals surface area contributed by atoms with Gasteiger partial charge in [-0.05, 0) is 45.0 Å². The number of hydrogen-bond acceptors (Lipinski definition) is 5. The number of benzene rings is 1. The van der Waals surface area contributed by atoms with Crippen LogP contribution in [0.1, 0.15) is 52.0 Å². The van der Waals surface area contributed by atoms with E-state index in [1.54, 1.807) is 0 Å². The Morgan fingerprint density at radius 2 is 2.06 bits per heavy atom. The van der Waals surface area contributed by atoms with Gasteiger partial charge in [0, 0.05) is 49.7 Å². The van der Waals surface area contributed by atoms with Gasteiger partial charge in [-0.2, -0.15) is 4.84 Å². The van der Waals surface area contributed by atoms with Crippen molar-refractivity contribution in [3.8, 4) is 0 Å². The van der Waals surface area contributed by atoms with Crippen LogP contribution in [-0.2, 0) is 29.1 Å². The van der Waals surface area contributed by atoms with Crippen LogP contribution in [0.5, 0.6) is 0 Å². The highest BCUT2D eigenvalue weighted by atomic mass is 16.8. The maximum absolute atomic E-state index is 13.3. The number of hydrogen-bond donors (Lipinski definition) is 1. The number of carbonyl (C=O) groups is 1. The van der Waals surface area contributed by atoms with Gasteiger partial charge in [-0.3, -0.25) is 0 Å². The molecule has 174 valence electrons. The molecule has 1 fully saturated rings. The van der Waals surface area contributed by atoms with Crippen LogP contribution in [-0.4, -0.2) is 53.9 Å². The number of aromatic nitrogens is 2. The second-order valence-corrected chi connectivity index (χ2v) is 9.52. The normalized spacial score (nSPS) is 21.0. The lowest BCUT2D eigenvalue weighted by Crippen LogP contribution is -3.15. The van der Waals surface area contributed by atoms with Crippen molar-refractivity contribution in [3.05, 3.63) is 64.6 Å². The molecule has 1 N–H and O–H groups in total. The number of pyridine rings is 1. The van der Waals surface area contributed by atoms with Crippen LogP contribution in [0.4, 0.5) is 0 Å². The number of carbonyl (C=O) groups excluding carboxylic acids is 1. The van der Waals surface area contributed by atoms with E-state index in [4.69, 9.17) is 9.57 Å². The molecule has 0 aliphatic carbocycles. The Labute approximate surface area is 194 Å². The van der Waals surface area contributed by atoms with Crippen LogP contribution in [0.3, 0.4) is 0 Å². The van der Waals surface area contributed by atoms with E-state index in [2.05, 4.69) is 65.9 Å². The van der Waals surface area contributed by atoms with E-state index in [-0.39, 0.29) is 12.2 Å². The number of hydroxylamine groups is 2. The Balaban J connectivity index is 1.49. The quantitative estimate of drug-likeness (QED) is 0.627. The number of ether oxygens (including phenoxy) is 1. The number of amides is 1. The minimum Gasteiger partial charge on any atom is -0.347 e. The molecule has 0 radical (unpaired) electrons. The largest absolute Gasteiger partial charge is 0.395 e. The minimum atomic E-state index is -0.303. The first-order valence-electron chi connectivity index (χ1n) is 11.9. The summed E-state index contributed by atoms with van der Waals surface area (Å²) in [6, 6.07) is 8.64. The molecule has 4 heterocycles. The Kier molecular flexibility index (Phi) is 6.29. The second-order valence-electron chi connectivity index (χ2n) is 9.52. The lowest BCUT2D eigenvalue weighted by molar-refractivity contribution is -1.04. The van der Waals surface area contributed by atoms with Gasteiger partial charge in [-0.15, -0.1) is 5.06 Å². The Morgan fingerprint density at radius 1 is 1.24 bits per heavy atom. The highest BCUT2D eigenvalue weighted by Crippen LogP contribution is 2.29. The number of rotatable bonds is 6. The molecule has 2 aliphatic heterocycles. The van der Waals surface area contributed by atoms with E-state index >= 15 is 0 Å². The summed E-state index contributed by atoms with van der Waals surface area (Å²) in [4.78, 5) is 26.1. The van der Waals surface area contributed by atoms with Gasteiger partial charge in [0.1, 0.15) is 6.54 Å². The van der Waals surface area contributed by atoms with Crippen LogP contribution in [0, 0.1) is 6.92 Å². The Morgan fingerprint density at radius 3 is 2.79 bits per heavy atom. The molecule has 0 bridgehead atoms. The van der Waals surface area contributed by atoms with Crippen molar-refractivity contribution in [1.29, 1.82) is 0 Å². The number of quaternary nitrogens is 1. The predicted octanol–water partition coefficient (Wildman–Crippen LogP) is 2.49. The molecule has 2 unspecified atom stereocenters. The van der Waals surface area contributed by atoms with Gasteiger partial charge in [0.2, 0.25) is 6.29 Å². The fourth-order valence-electron chi connectivity index (χ4n) is 4.92. The van der Waals surface area contributed by atoms with Gasteiger partial charge < -0.3 is 14.2 Å². The van der Waals surface area contributed by atoms with Gasteiger partial charge in [0.05, 0.1) is 11.7 Å². The summed E-state index contributed by atoms with van der Waals surface area (Å²) >= 11 is 0. The molecule has 33 heavy (non-hydrogen) atoms. The molecule has 7 nitrogen and oxygen atoms in total. The third-order valence-corrected chi connectivity index (χ3v) is 6.54. The fraction of sp³-hybridized carbons (Fsp3) is 0.462. The van der Waals surface area contributed by atoms with E-state index in [1.165, 1.54) is 22.1 Å². The van der Waals surface area contributed by atoms with Crippen molar-refractivity contribution in [2.75, 3.05) is 27.2 Å². The van der Waals surface area contributed by atoms with Crippen molar-refractivity contribution in [2.45, 2.75) is 52.0 Å².